The third kappa shape index (κ3) is 4.42. The summed E-state index contributed by atoms with van der Waals surface area (Å²) in [7, 11) is 0. The van der Waals surface area contributed by atoms with Gasteiger partial charge in [0.05, 0.1) is 17.2 Å². The highest BCUT2D eigenvalue weighted by atomic mass is 19.4. The summed E-state index contributed by atoms with van der Waals surface area (Å²) in [6.07, 6.45) is -1.36. The number of hydrogen-bond donors (Lipinski definition) is 2. The Bertz CT molecular complexity index is 1710. The minimum absolute atomic E-state index is 0.0171. The molecule has 3 aromatic heterocycles. The number of nitrogens with zero attached hydrogens (tertiary/aromatic N) is 6. The molecule has 0 unspecified atom stereocenters. The summed E-state index contributed by atoms with van der Waals surface area (Å²) in [5, 5.41) is 16.1. The lowest BCUT2D eigenvalue weighted by Gasteiger charge is -2.34. The third-order valence-electron chi connectivity index (χ3n) is 7.41. The van der Waals surface area contributed by atoms with Gasteiger partial charge < -0.3 is 10.6 Å². The number of rotatable bonds is 5. The summed E-state index contributed by atoms with van der Waals surface area (Å²) in [6.45, 7) is 3.54. The highest BCUT2D eigenvalue weighted by Gasteiger charge is 2.46. The Kier molecular flexibility index (Phi) is 5.55. The van der Waals surface area contributed by atoms with Crippen molar-refractivity contribution in [3.8, 4) is 11.9 Å². The van der Waals surface area contributed by atoms with E-state index in [0.29, 0.717) is 23.2 Å². The highest BCUT2D eigenvalue weighted by Crippen LogP contribution is 2.46. The van der Waals surface area contributed by atoms with E-state index in [1.54, 1.807) is 12.1 Å². The lowest BCUT2D eigenvalue weighted by molar-refractivity contribution is -0.144. The van der Waals surface area contributed by atoms with Gasteiger partial charge in [0.2, 0.25) is 5.95 Å². The van der Waals surface area contributed by atoms with Crippen LogP contribution in [0.1, 0.15) is 43.5 Å². The van der Waals surface area contributed by atoms with Crippen LogP contribution in [0.15, 0.2) is 47.4 Å². The first-order valence-corrected chi connectivity index (χ1v) is 12.6. The van der Waals surface area contributed by atoms with Crippen LogP contribution in [0.5, 0.6) is 0 Å². The monoisotopic (exact) mass is 534 g/mol. The maximum Gasteiger partial charge on any atom is 0.408 e. The van der Waals surface area contributed by atoms with Crippen molar-refractivity contribution >= 4 is 22.7 Å². The number of aromatic nitrogens is 5. The molecule has 2 aliphatic rings. The average Bonchev–Trinajstić information content (AvgIpc) is 3.64. The summed E-state index contributed by atoms with van der Waals surface area (Å²) < 4.78 is 42.3. The van der Waals surface area contributed by atoms with Crippen LogP contribution in [-0.2, 0) is 23.9 Å². The molecule has 0 bridgehead atoms. The molecule has 9 nitrogen and oxygen atoms in total. The maximum atomic E-state index is 13.5. The minimum Gasteiger partial charge on any atom is -0.324 e. The van der Waals surface area contributed by atoms with Crippen LogP contribution >= 0.6 is 0 Å². The van der Waals surface area contributed by atoms with Gasteiger partial charge in [-0.25, -0.2) is 19.3 Å². The van der Waals surface area contributed by atoms with Crippen molar-refractivity contribution in [2.24, 2.45) is 0 Å². The molecule has 12 heteroatoms. The topological polar surface area (TPSA) is 113 Å². The number of hydrogen-bond acceptors (Lipinski definition) is 7. The van der Waals surface area contributed by atoms with E-state index in [1.165, 1.54) is 23.4 Å². The van der Waals surface area contributed by atoms with Crippen LogP contribution in [0.25, 0.3) is 16.9 Å². The molecular weight excluding hydrogens is 509 g/mol. The molecule has 4 heterocycles. The van der Waals surface area contributed by atoms with E-state index in [-0.39, 0.29) is 28.3 Å². The Morgan fingerprint density at radius 2 is 1.97 bits per heavy atom. The van der Waals surface area contributed by atoms with E-state index in [4.69, 9.17) is 0 Å². The van der Waals surface area contributed by atoms with Crippen molar-refractivity contribution in [3.63, 3.8) is 0 Å². The molecule has 1 aliphatic carbocycles. The molecule has 1 aliphatic heterocycles. The van der Waals surface area contributed by atoms with Crippen molar-refractivity contribution in [2.45, 2.75) is 56.8 Å². The second-order valence-electron chi connectivity index (χ2n) is 10.6. The number of fused-ring (bicyclic) bond motifs is 2. The molecule has 1 aromatic carbocycles. The van der Waals surface area contributed by atoms with Gasteiger partial charge in [0.15, 0.2) is 11.5 Å². The van der Waals surface area contributed by atoms with Crippen LogP contribution < -0.4 is 16.2 Å². The molecule has 0 radical (unpaired) electrons. The summed E-state index contributed by atoms with van der Waals surface area (Å²) in [5.41, 5.74) is 1.71. The molecule has 0 saturated heterocycles. The number of anilines is 2. The third-order valence-corrected chi connectivity index (χ3v) is 7.41. The standard InChI is InChI=1S/C27H25F3N8O/c1-25(2)19-7-6-17(12-16(19)8-11-33-25)34-24-32-13-18-22(36-24)38(37(23(18)39)15-27(28,29)30)21-5-3-4-20(35-21)26(14-31)9-10-26/h3-7,12-13,33H,8-11,15H2,1-2H3,(H,32,34,36). The molecule has 1 fully saturated rings. The van der Waals surface area contributed by atoms with E-state index < -0.39 is 23.7 Å². The molecule has 1 saturated carbocycles. The first kappa shape index (κ1) is 25.1. The summed E-state index contributed by atoms with van der Waals surface area (Å²) in [4.78, 5) is 26.3. The van der Waals surface area contributed by atoms with Crippen LogP contribution in [0.3, 0.4) is 0 Å². The van der Waals surface area contributed by atoms with Crippen LogP contribution in [-0.4, -0.2) is 37.0 Å². The maximum absolute atomic E-state index is 13.5. The molecule has 0 atom stereocenters. The zero-order valence-electron chi connectivity index (χ0n) is 21.3. The lowest BCUT2D eigenvalue weighted by atomic mass is 9.85. The van der Waals surface area contributed by atoms with E-state index in [2.05, 4.69) is 45.5 Å². The summed E-state index contributed by atoms with van der Waals surface area (Å²) >= 11 is 0. The van der Waals surface area contributed by atoms with Crippen molar-refractivity contribution in [3.05, 3.63) is 69.8 Å². The van der Waals surface area contributed by atoms with Gasteiger partial charge in [-0.3, -0.25) is 4.79 Å². The van der Waals surface area contributed by atoms with Crippen molar-refractivity contribution in [2.75, 3.05) is 11.9 Å². The number of halogens is 3. The lowest BCUT2D eigenvalue weighted by Crippen LogP contribution is -2.42. The molecule has 0 spiro atoms. The number of nitriles is 1. The van der Waals surface area contributed by atoms with Gasteiger partial charge in [-0.15, -0.1) is 0 Å². The number of benzene rings is 1. The zero-order valence-corrected chi connectivity index (χ0v) is 21.3. The zero-order chi connectivity index (χ0) is 27.6. The number of alkyl halides is 3. The van der Waals surface area contributed by atoms with Crippen LogP contribution in [0, 0.1) is 11.3 Å². The fourth-order valence-electron chi connectivity index (χ4n) is 5.21. The Morgan fingerprint density at radius 3 is 2.69 bits per heavy atom. The molecule has 39 heavy (non-hydrogen) atoms. The van der Waals surface area contributed by atoms with Crippen molar-refractivity contribution < 1.29 is 13.2 Å². The van der Waals surface area contributed by atoms with E-state index in [9.17, 15) is 23.2 Å². The Hall–Kier alpha value is -4.24. The summed E-state index contributed by atoms with van der Waals surface area (Å²) in [6, 6.07) is 13.0. The SMILES string of the molecule is CC1(C)NCCc2cc(Nc3ncc4c(=O)n(CC(F)(F)F)n(-c5cccc(C6(C#N)CC6)n5)c4n3)ccc21. The molecule has 2 N–H and O–H groups in total. The average molecular weight is 535 g/mol. The summed E-state index contributed by atoms with van der Waals surface area (Å²) in [5.74, 6) is 0.193. The van der Waals surface area contributed by atoms with E-state index in [1.807, 2.05) is 18.2 Å². The normalized spacial score (nSPS) is 17.4. The van der Waals surface area contributed by atoms with Gasteiger partial charge in [0.25, 0.3) is 5.56 Å². The van der Waals surface area contributed by atoms with Gasteiger partial charge in [-0.05, 0) is 75.0 Å². The Balaban J connectivity index is 1.46. The van der Waals surface area contributed by atoms with Gasteiger partial charge in [-0.2, -0.15) is 23.4 Å². The second kappa shape index (κ2) is 8.64. The van der Waals surface area contributed by atoms with Crippen LogP contribution in [0.4, 0.5) is 24.8 Å². The second-order valence-corrected chi connectivity index (χ2v) is 10.6. The predicted octanol–water partition coefficient (Wildman–Crippen LogP) is 4.22. The predicted molar refractivity (Wildman–Crippen MR) is 138 cm³/mol. The fourth-order valence-corrected chi connectivity index (χ4v) is 5.21. The van der Waals surface area contributed by atoms with Gasteiger partial charge in [-0.1, -0.05) is 12.1 Å². The molecule has 6 rings (SSSR count). The van der Waals surface area contributed by atoms with Gasteiger partial charge in [0, 0.05) is 17.4 Å². The largest absolute Gasteiger partial charge is 0.408 e. The van der Waals surface area contributed by atoms with Gasteiger partial charge >= 0.3 is 6.18 Å². The van der Waals surface area contributed by atoms with Gasteiger partial charge in [0.1, 0.15) is 11.9 Å². The fraction of sp³-hybridized carbons (Fsp3) is 0.370. The first-order chi connectivity index (χ1) is 18.5. The van der Waals surface area contributed by atoms with Crippen molar-refractivity contribution in [1.82, 2.24) is 29.6 Å². The van der Waals surface area contributed by atoms with Crippen LogP contribution in [0.2, 0.25) is 0 Å². The number of nitrogens with one attached hydrogen (secondary N) is 2. The van der Waals surface area contributed by atoms with E-state index in [0.717, 1.165) is 23.3 Å². The molecule has 4 aromatic rings. The Morgan fingerprint density at radius 1 is 1.18 bits per heavy atom. The van der Waals surface area contributed by atoms with E-state index >= 15 is 0 Å². The Labute approximate surface area is 221 Å². The minimum atomic E-state index is -4.67. The first-order valence-electron chi connectivity index (χ1n) is 12.6. The smallest absolute Gasteiger partial charge is 0.324 e. The quantitative estimate of drug-likeness (QED) is 0.394. The number of pyridine rings is 1. The molecular formula is C27H25F3N8O. The molecule has 200 valence electrons. The van der Waals surface area contributed by atoms with Crippen molar-refractivity contribution in [1.29, 1.82) is 5.26 Å². The highest BCUT2D eigenvalue weighted by molar-refractivity contribution is 5.77. The molecule has 0 amide bonds.